The molecule has 1 aliphatic carbocycles. The van der Waals surface area contributed by atoms with Gasteiger partial charge in [0.2, 0.25) is 0 Å². The Morgan fingerprint density at radius 1 is 1.07 bits per heavy atom. The van der Waals surface area contributed by atoms with Gasteiger partial charge >= 0.3 is 0 Å². The highest BCUT2D eigenvalue weighted by molar-refractivity contribution is 5.95. The van der Waals surface area contributed by atoms with E-state index in [-0.39, 0.29) is 18.0 Å². The van der Waals surface area contributed by atoms with Gasteiger partial charge in [0.15, 0.2) is 0 Å². The third-order valence-corrected chi connectivity index (χ3v) is 5.41. The maximum Gasteiger partial charge on any atom is 0.254 e. The van der Waals surface area contributed by atoms with E-state index >= 15 is 0 Å². The Morgan fingerprint density at radius 3 is 2.48 bits per heavy atom. The Hall–Kier alpha value is -2.88. The molecule has 1 unspecified atom stereocenters. The van der Waals surface area contributed by atoms with Crippen molar-refractivity contribution in [2.75, 3.05) is 0 Å². The molecule has 1 N–H and O–H groups in total. The number of nitrogens with one attached hydrogen (secondary N) is 1. The minimum atomic E-state index is 0.113. The highest BCUT2D eigenvalue weighted by atomic mass is 16.2. The Labute approximate surface area is 160 Å². The normalized spacial score (nSPS) is 16.2. The molecule has 0 saturated heterocycles. The summed E-state index contributed by atoms with van der Waals surface area (Å²) in [6.45, 7) is 4.20. The first-order chi connectivity index (χ1) is 13.1. The molecule has 1 aromatic heterocycles. The first-order valence-electron chi connectivity index (χ1n) is 9.62. The quantitative estimate of drug-likeness (QED) is 0.746. The van der Waals surface area contributed by atoms with Gasteiger partial charge in [0.1, 0.15) is 0 Å². The number of aromatic amines is 1. The predicted molar refractivity (Wildman–Crippen MR) is 108 cm³/mol. The third-order valence-electron chi connectivity index (χ3n) is 5.41. The summed E-state index contributed by atoms with van der Waals surface area (Å²) in [7, 11) is 0. The number of rotatable bonds is 4. The zero-order chi connectivity index (χ0) is 18.8. The van der Waals surface area contributed by atoms with Gasteiger partial charge in [-0.05, 0) is 61.9 Å². The van der Waals surface area contributed by atoms with Crippen molar-refractivity contribution in [3.63, 3.8) is 0 Å². The lowest BCUT2D eigenvalue weighted by molar-refractivity contribution is 0.0588. The van der Waals surface area contributed by atoms with Crippen LogP contribution in [0.4, 0.5) is 0 Å². The smallest absolute Gasteiger partial charge is 0.254 e. The van der Waals surface area contributed by atoms with E-state index in [9.17, 15) is 4.79 Å². The number of aromatic nitrogens is 2. The Kier molecular flexibility index (Phi) is 4.80. The van der Waals surface area contributed by atoms with Gasteiger partial charge in [-0.3, -0.25) is 9.89 Å². The van der Waals surface area contributed by atoms with Gasteiger partial charge in [0, 0.05) is 23.3 Å². The molecule has 0 aliphatic heterocycles. The van der Waals surface area contributed by atoms with Crippen molar-refractivity contribution in [3.05, 3.63) is 77.6 Å². The second-order valence-electron chi connectivity index (χ2n) is 7.52. The highest BCUT2D eigenvalue weighted by Crippen LogP contribution is 2.26. The van der Waals surface area contributed by atoms with Crippen LogP contribution in [-0.2, 0) is 12.8 Å². The summed E-state index contributed by atoms with van der Waals surface area (Å²) in [4.78, 5) is 15.3. The molecule has 0 fully saturated rings. The SMILES string of the molecule is CC(C)N(C(=O)c1ccc(-c2ccccc2)cc1)C1CCc2[nH]ncc2C1. The summed E-state index contributed by atoms with van der Waals surface area (Å²) in [6, 6.07) is 18.6. The molecule has 0 spiro atoms. The lowest BCUT2D eigenvalue weighted by atomic mass is 9.91. The van der Waals surface area contributed by atoms with Crippen LogP contribution in [-0.4, -0.2) is 33.1 Å². The van der Waals surface area contributed by atoms with Gasteiger partial charge in [-0.15, -0.1) is 0 Å². The van der Waals surface area contributed by atoms with Crippen LogP contribution in [0.2, 0.25) is 0 Å². The average molecular weight is 359 g/mol. The predicted octanol–water partition coefficient (Wildman–Crippen LogP) is 4.48. The maximum atomic E-state index is 13.3. The summed E-state index contributed by atoms with van der Waals surface area (Å²) in [5, 5.41) is 7.23. The fourth-order valence-corrected chi connectivity index (χ4v) is 4.04. The van der Waals surface area contributed by atoms with Gasteiger partial charge in [-0.25, -0.2) is 0 Å². The largest absolute Gasteiger partial charge is 0.333 e. The Bertz CT molecular complexity index is 912. The molecule has 27 heavy (non-hydrogen) atoms. The second kappa shape index (κ2) is 7.39. The molecule has 138 valence electrons. The fraction of sp³-hybridized carbons (Fsp3) is 0.304. The van der Waals surface area contributed by atoms with E-state index in [2.05, 4.69) is 36.2 Å². The molecule has 1 atom stereocenters. The van der Waals surface area contributed by atoms with Crippen LogP contribution >= 0.6 is 0 Å². The number of amides is 1. The number of benzene rings is 2. The van der Waals surface area contributed by atoms with Crippen molar-refractivity contribution in [2.24, 2.45) is 0 Å². The monoisotopic (exact) mass is 359 g/mol. The maximum absolute atomic E-state index is 13.3. The van der Waals surface area contributed by atoms with Crippen molar-refractivity contribution in [2.45, 2.75) is 45.2 Å². The lowest BCUT2D eigenvalue weighted by Gasteiger charge is -2.37. The van der Waals surface area contributed by atoms with Crippen LogP contribution in [0.3, 0.4) is 0 Å². The van der Waals surface area contributed by atoms with E-state index < -0.39 is 0 Å². The standard InChI is InChI=1S/C23H25N3O/c1-16(2)26(21-12-13-22-20(14-21)15-24-25-22)23(27)19-10-8-18(9-11-19)17-6-4-3-5-7-17/h3-11,15-16,21H,12-14H2,1-2H3,(H,24,25). The number of aryl methyl sites for hydroxylation is 1. The van der Waals surface area contributed by atoms with Crippen molar-refractivity contribution < 1.29 is 4.79 Å². The number of carbonyl (C=O) groups is 1. The zero-order valence-corrected chi connectivity index (χ0v) is 15.9. The van der Waals surface area contributed by atoms with Gasteiger partial charge in [0.25, 0.3) is 5.91 Å². The van der Waals surface area contributed by atoms with E-state index in [1.54, 1.807) is 0 Å². The Morgan fingerprint density at radius 2 is 1.78 bits per heavy atom. The molecule has 4 nitrogen and oxygen atoms in total. The Balaban J connectivity index is 1.56. The lowest BCUT2D eigenvalue weighted by Crippen LogP contribution is -2.47. The third kappa shape index (κ3) is 3.52. The molecular weight excluding hydrogens is 334 g/mol. The minimum Gasteiger partial charge on any atom is -0.333 e. The van der Waals surface area contributed by atoms with Crippen LogP contribution < -0.4 is 0 Å². The number of H-pyrrole nitrogens is 1. The molecule has 1 aliphatic rings. The number of hydrogen-bond acceptors (Lipinski definition) is 2. The first-order valence-corrected chi connectivity index (χ1v) is 9.62. The van der Waals surface area contributed by atoms with E-state index in [1.165, 1.54) is 11.3 Å². The van der Waals surface area contributed by atoms with Crippen LogP contribution in [0.1, 0.15) is 41.9 Å². The van der Waals surface area contributed by atoms with Gasteiger partial charge in [-0.2, -0.15) is 5.10 Å². The molecule has 0 bridgehead atoms. The number of carbonyl (C=O) groups excluding carboxylic acids is 1. The molecular formula is C23H25N3O. The van der Waals surface area contributed by atoms with Crippen molar-refractivity contribution >= 4 is 5.91 Å². The summed E-state index contributed by atoms with van der Waals surface area (Å²) in [5.74, 6) is 0.113. The zero-order valence-electron chi connectivity index (χ0n) is 15.9. The molecule has 1 heterocycles. The molecule has 4 heteroatoms. The summed E-state index contributed by atoms with van der Waals surface area (Å²) < 4.78 is 0. The number of hydrogen-bond donors (Lipinski definition) is 1. The molecule has 1 amide bonds. The highest BCUT2D eigenvalue weighted by Gasteiger charge is 2.30. The fourth-order valence-electron chi connectivity index (χ4n) is 4.04. The topological polar surface area (TPSA) is 49.0 Å². The van der Waals surface area contributed by atoms with Crippen LogP contribution in [0, 0.1) is 0 Å². The first kappa shape index (κ1) is 17.5. The molecule has 2 aromatic carbocycles. The molecule has 0 radical (unpaired) electrons. The van der Waals surface area contributed by atoms with Crippen molar-refractivity contribution in [1.82, 2.24) is 15.1 Å². The van der Waals surface area contributed by atoms with Crippen molar-refractivity contribution in [1.29, 1.82) is 0 Å². The van der Waals surface area contributed by atoms with Crippen LogP contribution in [0.5, 0.6) is 0 Å². The van der Waals surface area contributed by atoms with E-state index in [1.807, 2.05) is 53.6 Å². The second-order valence-corrected chi connectivity index (χ2v) is 7.52. The van der Waals surface area contributed by atoms with Gasteiger partial charge in [-0.1, -0.05) is 42.5 Å². The van der Waals surface area contributed by atoms with Crippen LogP contribution in [0.25, 0.3) is 11.1 Å². The molecule has 0 saturated carbocycles. The number of nitrogens with zero attached hydrogens (tertiary/aromatic N) is 2. The number of fused-ring (bicyclic) bond motifs is 1. The minimum absolute atomic E-state index is 0.113. The molecule has 4 rings (SSSR count). The summed E-state index contributed by atoms with van der Waals surface area (Å²) in [6.07, 6.45) is 4.70. The van der Waals surface area contributed by atoms with E-state index in [4.69, 9.17) is 0 Å². The summed E-state index contributed by atoms with van der Waals surface area (Å²) in [5.41, 5.74) is 5.50. The van der Waals surface area contributed by atoms with Gasteiger partial charge < -0.3 is 4.90 Å². The van der Waals surface area contributed by atoms with E-state index in [0.717, 1.165) is 36.0 Å². The van der Waals surface area contributed by atoms with Gasteiger partial charge in [0.05, 0.1) is 6.20 Å². The van der Waals surface area contributed by atoms with Crippen molar-refractivity contribution in [3.8, 4) is 11.1 Å². The van der Waals surface area contributed by atoms with Crippen LogP contribution in [0.15, 0.2) is 60.8 Å². The summed E-state index contributed by atoms with van der Waals surface area (Å²) >= 11 is 0. The molecule has 3 aromatic rings. The van der Waals surface area contributed by atoms with E-state index in [0.29, 0.717) is 0 Å². The average Bonchev–Trinajstić information content (AvgIpc) is 3.16.